The first-order valence-corrected chi connectivity index (χ1v) is 12.4. The van der Waals surface area contributed by atoms with Crippen molar-refractivity contribution in [1.82, 2.24) is 4.90 Å². The third kappa shape index (κ3) is 6.52. The molecule has 4 rings (SSSR count). The number of amides is 1. The van der Waals surface area contributed by atoms with Gasteiger partial charge in [0.25, 0.3) is 0 Å². The second-order valence-electron chi connectivity index (χ2n) is 8.84. The molecule has 0 unspecified atom stereocenters. The maximum Gasteiger partial charge on any atom is 0.227 e. The van der Waals surface area contributed by atoms with Gasteiger partial charge < -0.3 is 14.9 Å². The fraction of sp³-hybridized carbons (Fsp3) is 0.500. The molecule has 0 saturated heterocycles. The molecule has 0 aromatic heterocycles. The molecular formula is C28H38N2O3. The van der Waals surface area contributed by atoms with Crippen molar-refractivity contribution in [2.24, 2.45) is 0 Å². The SMILES string of the molecule is CCN(CCCCC(=O)c1cc2c3c(c1)CCC(=O)N3CCC2)CCc1ccccc1.CO. The third-order valence-corrected chi connectivity index (χ3v) is 6.73. The minimum atomic E-state index is 0.236. The average molecular weight is 451 g/mol. The summed E-state index contributed by atoms with van der Waals surface area (Å²) in [5, 5.41) is 7.00. The minimum absolute atomic E-state index is 0.236. The van der Waals surface area contributed by atoms with E-state index in [4.69, 9.17) is 5.11 Å². The maximum absolute atomic E-state index is 12.9. The molecule has 2 aromatic carbocycles. The van der Waals surface area contributed by atoms with Gasteiger partial charge in [0, 0.05) is 38.6 Å². The molecule has 0 saturated carbocycles. The maximum atomic E-state index is 12.9. The molecule has 5 nitrogen and oxygen atoms in total. The van der Waals surface area contributed by atoms with Crippen LogP contribution in [0.2, 0.25) is 0 Å². The van der Waals surface area contributed by atoms with Crippen molar-refractivity contribution in [2.45, 2.75) is 58.3 Å². The van der Waals surface area contributed by atoms with Crippen LogP contribution in [0, 0.1) is 0 Å². The fourth-order valence-electron chi connectivity index (χ4n) is 4.94. The van der Waals surface area contributed by atoms with Crippen LogP contribution < -0.4 is 4.90 Å². The van der Waals surface area contributed by atoms with Gasteiger partial charge in [-0.05, 0) is 80.4 Å². The monoisotopic (exact) mass is 450 g/mol. The predicted octanol–water partition coefficient (Wildman–Crippen LogP) is 4.44. The van der Waals surface area contributed by atoms with E-state index in [0.29, 0.717) is 12.8 Å². The highest BCUT2D eigenvalue weighted by atomic mass is 16.2. The Labute approximate surface area is 198 Å². The summed E-state index contributed by atoms with van der Waals surface area (Å²) in [6.45, 7) is 6.19. The van der Waals surface area contributed by atoms with E-state index < -0.39 is 0 Å². The zero-order chi connectivity index (χ0) is 23.6. The van der Waals surface area contributed by atoms with E-state index in [1.807, 2.05) is 4.90 Å². The van der Waals surface area contributed by atoms with Gasteiger partial charge in [0.15, 0.2) is 5.78 Å². The Balaban J connectivity index is 0.00000149. The number of aryl methyl sites for hydroxylation is 2. The summed E-state index contributed by atoms with van der Waals surface area (Å²) >= 11 is 0. The van der Waals surface area contributed by atoms with Gasteiger partial charge in [0.1, 0.15) is 0 Å². The lowest BCUT2D eigenvalue weighted by atomic mass is 9.88. The van der Waals surface area contributed by atoms with Gasteiger partial charge in [0.2, 0.25) is 5.91 Å². The minimum Gasteiger partial charge on any atom is -0.400 e. The van der Waals surface area contributed by atoms with Crippen molar-refractivity contribution in [3.05, 3.63) is 64.7 Å². The zero-order valence-corrected chi connectivity index (χ0v) is 20.2. The van der Waals surface area contributed by atoms with Crippen LogP contribution in [0.4, 0.5) is 5.69 Å². The topological polar surface area (TPSA) is 60.9 Å². The summed E-state index contributed by atoms with van der Waals surface area (Å²) in [4.78, 5) is 29.5. The first kappa shape index (κ1) is 25.1. The number of aliphatic hydroxyl groups is 1. The predicted molar refractivity (Wildman–Crippen MR) is 134 cm³/mol. The number of carbonyl (C=O) groups is 2. The lowest BCUT2D eigenvalue weighted by Crippen LogP contribution is -2.39. The highest BCUT2D eigenvalue weighted by Gasteiger charge is 2.30. The number of ketones is 1. The molecule has 178 valence electrons. The number of likely N-dealkylation sites (N-methyl/N-ethyl adjacent to an activating group) is 1. The van der Waals surface area contributed by atoms with Gasteiger partial charge in [-0.15, -0.1) is 0 Å². The Kier molecular flexibility index (Phi) is 9.64. The number of benzene rings is 2. The summed E-state index contributed by atoms with van der Waals surface area (Å²) in [7, 11) is 1.00. The highest BCUT2D eigenvalue weighted by Crippen LogP contribution is 2.36. The molecular weight excluding hydrogens is 412 g/mol. The van der Waals surface area contributed by atoms with Crippen molar-refractivity contribution >= 4 is 17.4 Å². The van der Waals surface area contributed by atoms with E-state index in [-0.39, 0.29) is 11.7 Å². The molecule has 0 fully saturated rings. The summed E-state index contributed by atoms with van der Waals surface area (Å²) in [6.07, 6.45) is 6.96. The van der Waals surface area contributed by atoms with Gasteiger partial charge >= 0.3 is 0 Å². The summed E-state index contributed by atoms with van der Waals surface area (Å²) in [6, 6.07) is 14.8. The molecule has 2 aliphatic rings. The van der Waals surface area contributed by atoms with Gasteiger partial charge in [-0.2, -0.15) is 0 Å². The van der Waals surface area contributed by atoms with Crippen molar-refractivity contribution in [2.75, 3.05) is 38.2 Å². The molecule has 0 aliphatic carbocycles. The summed E-state index contributed by atoms with van der Waals surface area (Å²) in [5.74, 6) is 0.487. The van der Waals surface area contributed by atoms with E-state index in [0.717, 1.165) is 83.1 Å². The summed E-state index contributed by atoms with van der Waals surface area (Å²) in [5.41, 5.74) is 5.72. The molecule has 0 atom stereocenters. The van der Waals surface area contributed by atoms with Gasteiger partial charge in [0.05, 0.1) is 5.69 Å². The molecule has 5 heteroatoms. The van der Waals surface area contributed by atoms with Crippen molar-refractivity contribution in [3.63, 3.8) is 0 Å². The Morgan fingerprint density at radius 2 is 1.73 bits per heavy atom. The number of aliphatic hydroxyl groups excluding tert-OH is 1. The molecule has 0 bridgehead atoms. The molecule has 1 amide bonds. The molecule has 0 radical (unpaired) electrons. The largest absolute Gasteiger partial charge is 0.400 e. The first-order chi connectivity index (χ1) is 16.2. The highest BCUT2D eigenvalue weighted by molar-refractivity contribution is 6.01. The van der Waals surface area contributed by atoms with Crippen LogP contribution in [0.5, 0.6) is 0 Å². The molecule has 2 aliphatic heterocycles. The molecule has 33 heavy (non-hydrogen) atoms. The smallest absolute Gasteiger partial charge is 0.227 e. The lowest BCUT2D eigenvalue weighted by Gasteiger charge is -2.35. The van der Waals surface area contributed by atoms with E-state index >= 15 is 0 Å². The molecule has 2 heterocycles. The Morgan fingerprint density at radius 3 is 2.45 bits per heavy atom. The third-order valence-electron chi connectivity index (χ3n) is 6.73. The van der Waals surface area contributed by atoms with Gasteiger partial charge in [-0.1, -0.05) is 37.3 Å². The number of nitrogens with zero attached hydrogens (tertiary/aromatic N) is 2. The number of unbranched alkanes of at least 4 members (excludes halogenated alkanes) is 1. The van der Waals surface area contributed by atoms with E-state index in [1.54, 1.807) is 0 Å². The van der Waals surface area contributed by atoms with Crippen LogP contribution in [0.1, 0.15) is 66.1 Å². The van der Waals surface area contributed by atoms with E-state index in [9.17, 15) is 9.59 Å². The van der Waals surface area contributed by atoms with Crippen LogP contribution in [0.25, 0.3) is 0 Å². The van der Waals surface area contributed by atoms with Crippen LogP contribution in [0.3, 0.4) is 0 Å². The standard InChI is InChI=1S/C27H34N2O2.CH4O/c1-2-28(18-15-21-9-4-3-5-10-21)16-7-6-12-25(30)24-19-22-11-8-17-29-26(31)14-13-23(20-24)27(22)29;1-2/h3-5,9-10,19-20H,2,6-8,11-18H2,1H3;2H,1H3. The molecule has 1 N–H and O–H groups in total. The lowest BCUT2D eigenvalue weighted by molar-refractivity contribution is -0.119. The normalized spacial score (nSPS) is 14.5. The number of anilines is 1. The van der Waals surface area contributed by atoms with Crippen molar-refractivity contribution < 1.29 is 14.7 Å². The van der Waals surface area contributed by atoms with Gasteiger partial charge in [-0.3, -0.25) is 9.59 Å². The van der Waals surface area contributed by atoms with Crippen LogP contribution in [-0.2, 0) is 24.1 Å². The quantitative estimate of drug-likeness (QED) is 0.429. The summed E-state index contributed by atoms with van der Waals surface area (Å²) < 4.78 is 0. The molecule has 0 spiro atoms. The van der Waals surface area contributed by atoms with E-state index in [2.05, 4.69) is 54.3 Å². The Bertz CT molecular complexity index is 909. The number of hydrogen-bond acceptors (Lipinski definition) is 4. The Morgan fingerprint density at radius 1 is 1.00 bits per heavy atom. The van der Waals surface area contributed by atoms with Gasteiger partial charge in [-0.25, -0.2) is 0 Å². The van der Waals surface area contributed by atoms with E-state index in [1.165, 1.54) is 16.7 Å². The van der Waals surface area contributed by atoms with Crippen LogP contribution in [-0.4, -0.2) is 55.0 Å². The average Bonchev–Trinajstić information content (AvgIpc) is 2.87. The number of hydrogen-bond donors (Lipinski definition) is 1. The van der Waals surface area contributed by atoms with Crippen LogP contribution in [0.15, 0.2) is 42.5 Å². The van der Waals surface area contributed by atoms with Crippen LogP contribution >= 0.6 is 0 Å². The number of carbonyl (C=O) groups excluding carboxylic acids is 2. The second-order valence-corrected chi connectivity index (χ2v) is 8.84. The first-order valence-electron chi connectivity index (χ1n) is 12.4. The molecule has 2 aromatic rings. The fourth-order valence-corrected chi connectivity index (χ4v) is 4.94. The number of rotatable bonds is 10. The Hall–Kier alpha value is -2.50. The zero-order valence-electron chi connectivity index (χ0n) is 20.2. The number of Topliss-reactive ketones (excluding diaryl/α,β-unsaturated/α-hetero) is 1. The second kappa shape index (κ2) is 12.7. The van der Waals surface area contributed by atoms with Crippen molar-refractivity contribution in [3.8, 4) is 0 Å². The van der Waals surface area contributed by atoms with Crippen molar-refractivity contribution in [1.29, 1.82) is 0 Å².